The highest BCUT2D eigenvalue weighted by atomic mass is 32.2. The summed E-state index contributed by atoms with van der Waals surface area (Å²) in [6.07, 6.45) is 2.31. The molecular weight excluding hydrogens is 407 g/mol. The minimum Gasteiger partial charge on any atom is -0.488 e. The molecule has 1 saturated heterocycles. The first-order valence-electron chi connectivity index (χ1n) is 9.47. The predicted octanol–water partition coefficient (Wildman–Crippen LogP) is 3.97. The molecule has 1 N–H and O–H groups in total. The molecule has 0 atom stereocenters. The predicted molar refractivity (Wildman–Crippen MR) is 113 cm³/mol. The first-order valence-corrected chi connectivity index (χ1v) is 10.3. The molecule has 30 heavy (non-hydrogen) atoms. The molecule has 6 nitrogen and oxygen atoms in total. The Morgan fingerprint density at radius 3 is 2.67 bits per heavy atom. The Kier molecular flexibility index (Phi) is 7.24. The third-order valence-electron chi connectivity index (χ3n) is 4.29. The second-order valence-electron chi connectivity index (χ2n) is 6.54. The monoisotopic (exact) mass is 428 g/mol. The highest BCUT2D eigenvalue weighted by Gasteiger charge is 2.36. The van der Waals surface area contributed by atoms with E-state index in [0.29, 0.717) is 23.4 Å². The highest BCUT2D eigenvalue weighted by molar-refractivity contribution is 8.18. The van der Waals surface area contributed by atoms with Gasteiger partial charge in [0, 0.05) is 17.7 Å². The van der Waals surface area contributed by atoms with Gasteiger partial charge in [0.2, 0.25) is 5.91 Å². The Balaban J connectivity index is 1.74. The number of carbonyl (C=O) groups excluding carboxylic acids is 3. The Bertz CT molecular complexity index is 993. The van der Waals surface area contributed by atoms with Crippen LogP contribution in [0.3, 0.4) is 0 Å². The Labute approximate surface area is 178 Å². The maximum atomic E-state index is 13.8. The minimum atomic E-state index is -0.527. The van der Waals surface area contributed by atoms with Gasteiger partial charge in [0.1, 0.15) is 24.7 Å². The molecule has 2 aromatic rings. The van der Waals surface area contributed by atoms with E-state index < -0.39 is 11.1 Å². The molecule has 8 heteroatoms. The van der Waals surface area contributed by atoms with Crippen LogP contribution in [0.1, 0.15) is 24.5 Å². The average molecular weight is 428 g/mol. The summed E-state index contributed by atoms with van der Waals surface area (Å²) in [5.74, 6) is -0.819. The van der Waals surface area contributed by atoms with Crippen molar-refractivity contribution in [2.24, 2.45) is 0 Å². The van der Waals surface area contributed by atoms with Crippen molar-refractivity contribution in [2.75, 3.05) is 13.1 Å². The molecule has 0 aromatic heterocycles. The van der Waals surface area contributed by atoms with E-state index in [4.69, 9.17) is 4.74 Å². The van der Waals surface area contributed by atoms with E-state index in [9.17, 15) is 18.8 Å². The minimum absolute atomic E-state index is 0.0244. The number of para-hydroxylation sites is 1. The third-order valence-corrected chi connectivity index (χ3v) is 5.20. The first-order chi connectivity index (χ1) is 14.5. The fourth-order valence-electron chi connectivity index (χ4n) is 2.74. The Morgan fingerprint density at radius 1 is 1.17 bits per heavy atom. The van der Waals surface area contributed by atoms with Gasteiger partial charge in [0.05, 0.1) is 4.91 Å². The summed E-state index contributed by atoms with van der Waals surface area (Å²) in [5, 5.41) is 2.15. The SMILES string of the molecule is CCCNC(=O)CN1C(=O)S/C(=C\c2ccccc2OCc2ccccc2F)C1=O. The maximum absolute atomic E-state index is 13.8. The normalized spacial score (nSPS) is 15.0. The molecular formula is C22H21FN2O4S. The lowest BCUT2D eigenvalue weighted by molar-refractivity contribution is -0.129. The summed E-state index contributed by atoms with van der Waals surface area (Å²) in [4.78, 5) is 37.8. The van der Waals surface area contributed by atoms with Gasteiger partial charge in [-0.1, -0.05) is 43.3 Å². The number of amides is 3. The molecule has 0 unspecified atom stereocenters. The second kappa shape index (κ2) is 10.1. The van der Waals surface area contributed by atoms with Crippen LogP contribution in [0.15, 0.2) is 53.4 Å². The van der Waals surface area contributed by atoms with Gasteiger partial charge in [-0.05, 0) is 36.4 Å². The molecule has 1 aliphatic heterocycles. The van der Waals surface area contributed by atoms with E-state index in [2.05, 4.69) is 5.32 Å². The van der Waals surface area contributed by atoms with Gasteiger partial charge >= 0.3 is 0 Å². The van der Waals surface area contributed by atoms with Crippen molar-refractivity contribution in [1.29, 1.82) is 0 Å². The molecule has 1 heterocycles. The molecule has 3 rings (SSSR count). The van der Waals surface area contributed by atoms with Gasteiger partial charge in [-0.15, -0.1) is 0 Å². The zero-order valence-corrected chi connectivity index (χ0v) is 17.2. The van der Waals surface area contributed by atoms with Crippen LogP contribution in [0, 0.1) is 5.82 Å². The number of thioether (sulfide) groups is 1. The number of rotatable bonds is 8. The van der Waals surface area contributed by atoms with Gasteiger partial charge in [0.15, 0.2) is 0 Å². The van der Waals surface area contributed by atoms with Crippen LogP contribution < -0.4 is 10.1 Å². The molecule has 1 fully saturated rings. The van der Waals surface area contributed by atoms with Crippen LogP contribution in [-0.4, -0.2) is 35.0 Å². The van der Waals surface area contributed by atoms with E-state index in [1.54, 1.807) is 48.5 Å². The molecule has 0 aliphatic carbocycles. The van der Waals surface area contributed by atoms with E-state index in [1.165, 1.54) is 6.07 Å². The zero-order chi connectivity index (χ0) is 21.5. The summed E-state index contributed by atoms with van der Waals surface area (Å²) in [5.41, 5.74) is 0.987. The zero-order valence-electron chi connectivity index (χ0n) is 16.4. The number of benzene rings is 2. The van der Waals surface area contributed by atoms with Crippen molar-refractivity contribution in [3.63, 3.8) is 0 Å². The van der Waals surface area contributed by atoms with Crippen molar-refractivity contribution < 1.29 is 23.5 Å². The largest absolute Gasteiger partial charge is 0.488 e. The molecule has 1 aliphatic rings. The van der Waals surface area contributed by atoms with Crippen LogP contribution in [0.5, 0.6) is 5.75 Å². The number of nitrogens with one attached hydrogen (secondary N) is 1. The van der Waals surface area contributed by atoms with Crippen molar-refractivity contribution in [2.45, 2.75) is 20.0 Å². The summed E-state index contributed by atoms with van der Waals surface area (Å²) in [6.45, 7) is 2.11. The first kappa shape index (κ1) is 21.6. The van der Waals surface area contributed by atoms with Gasteiger partial charge < -0.3 is 10.1 Å². The molecule has 156 valence electrons. The van der Waals surface area contributed by atoms with Crippen molar-refractivity contribution >= 4 is 34.9 Å². The summed E-state index contributed by atoms with van der Waals surface area (Å²) in [7, 11) is 0. The number of imide groups is 1. The number of hydrogen-bond acceptors (Lipinski definition) is 5. The topological polar surface area (TPSA) is 75.7 Å². The van der Waals surface area contributed by atoms with Crippen LogP contribution in [0.2, 0.25) is 0 Å². The maximum Gasteiger partial charge on any atom is 0.294 e. The number of halogens is 1. The lowest BCUT2D eigenvalue weighted by Crippen LogP contribution is -2.39. The summed E-state index contributed by atoms with van der Waals surface area (Å²) in [6, 6.07) is 13.3. The molecule has 0 radical (unpaired) electrons. The van der Waals surface area contributed by atoms with Gasteiger partial charge in [0.25, 0.3) is 11.1 Å². The Hall–Kier alpha value is -3.13. The van der Waals surface area contributed by atoms with Crippen molar-refractivity contribution in [3.8, 4) is 5.75 Å². The molecule has 0 spiro atoms. The van der Waals surface area contributed by atoms with E-state index in [0.717, 1.165) is 23.1 Å². The van der Waals surface area contributed by atoms with Crippen molar-refractivity contribution in [1.82, 2.24) is 10.2 Å². The van der Waals surface area contributed by atoms with Crippen LogP contribution in [0.4, 0.5) is 9.18 Å². The standard InChI is InChI=1S/C22H21FN2O4S/c1-2-11-24-20(26)13-25-21(27)19(30-22(25)28)12-15-7-4-6-10-18(15)29-14-16-8-3-5-9-17(16)23/h3-10,12H,2,11,13-14H2,1H3,(H,24,26)/b19-12-. The molecule has 0 bridgehead atoms. The lowest BCUT2D eigenvalue weighted by atomic mass is 10.1. The third kappa shape index (κ3) is 5.27. The fourth-order valence-corrected chi connectivity index (χ4v) is 3.57. The highest BCUT2D eigenvalue weighted by Crippen LogP contribution is 2.34. The fraction of sp³-hybridized carbons (Fsp3) is 0.227. The smallest absolute Gasteiger partial charge is 0.294 e. The van der Waals surface area contributed by atoms with Crippen molar-refractivity contribution in [3.05, 3.63) is 70.4 Å². The number of carbonyl (C=O) groups is 3. The van der Waals surface area contributed by atoms with Gasteiger partial charge in [-0.2, -0.15) is 0 Å². The molecule has 2 aromatic carbocycles. The molecule has 0 saturated carbocycles. The van der Waals surface area contributed by atoms with Gasteiger partial charge in [-0.25, -0.2) is 4.39 Å². The van der Waals surface area contributed by atoms with E-state index in [-0.39, 0.29) is 29.8 Å². The quantitative estimate of drug-likeness (QED) is 0.644. The Morgan fingerprint density at radius 2 is 1.90 bits per heavy atom. The lowest BCUT2D eigenvalue weighted by Gasteiger charge is -2.12. The number of hydrogen-bond donors (Lipinski definition) is 1. The summed E-state index contributed by atoms with van der Waals surface area (Å²) >= 11 is 0.771. The van der Waals surface area contributed by atoms with Gasteiger partial charge in [-0.3, -0.25) is 19.3 Å². The number of ether oxygens (including phenoxy) is 1. The van der Waals surface area contributed by atoms with Crippen LogP contribution >= 0.6 is 11.8 Å². The van der Waals surface area contributed by atoms with E-state index in [1.807, 2.05) is 6.92 Å². The summed E-state index contributed by atoms with van der Waals surface area (Å²) < 4.78 is 19.6. The average Bonchev–Trinajstić information content (AvgIpc) is 3.00. The van der Waals surface area contributed by atoms with Crippen LogP contribution in [-0.2, 0) is 16.2 Å². The van der Waals surface area contributed by atoms with E-state index >= 15 is 0 Å². The molecule has 3 amide bonds. The second-order valence-corrected chi connectivity index (χ2v) is 7.53. The number of nitrogens with zero attached hydrogens (tertiary/aromatic N) is 1. The van der Waals surface area contributed by atoms with Crippen LogP contribution in [0.25, 0.3) is 6.08 Å².